The zero-order valence-electron chi connectivity index (χ0n) is 10.6. The number of carbonyl (C=O) groups is 1. The first-order valence-electron chi connectivity index (χ1n) is 6.30. The predicted octanol–water partition coefficient (Wildman–Crippen LogP) is 0.803. The van der Waals surface area contributed by atoms with Gasteiger partial charge < -0.3 is 16.2 Å². The van der Waals surface area contributed by atoms with Gasteiger partial charge in [0.2, 0.25) is 5.91 Å². The smallest absolute Gasteiger partial charge is 0.238 e. The van der Waals surface area contributed by atoms with Gasteiger partial charge in [-0.3, -0.25) is 9.69 Å². The van der Waals surface area contributed by atoms with Crippen molar-refractivity contribution in [2.45, 2.75) is 18.9 Å². The molecule has 0 atom stereocenters. The molecule has 0 saturated carbocycles. The first-order chi connectivity index (χ1) is 9.04. The second kappa shape index (κ2) is 5.99. The number of likely N-dealkylation sites (tertiary alicyclic amines) is 1. The summed E-state index contributed by atoms with van der Waals surface area (Å²) >= 11 is 0. The summed E-state index contributed by atoms with van der Waals surface area (Å²) in [6, 6.07) is 3.87. The highest BCUT2D eigenvalue weighted by atomic mass is 19.1. The van der Waals surface area contributed by atoms with Gasteiger partial charge in [-0.25, -0.2) is 4.39 Å². The maximum atomic E-state index is 13.1. The van der Waals surface area contributed by atoms with Crippen LogP contribution in [0.4, 0.5) is 15.8 Å². The summed E-state index contributed by atoms with van der Waals surface area (Å²) in [7, 11) is 0. The Kier molecular flexibility index (Phi) is 4.34. The molecule has 1 aliphatic rings. The molecule has 0 unspecified atom stereocenters. The maximum absolute atomic E-state index is 13.1. The van der Waals surface area contributed by atoms with Crippen LogP contribution in [0.15, 0.2) is 18.2 Å². The number of nitrogen functional groups attached to an aromatic ring is 1. The van der Waals surface area contributed by atoms with E-state index in [-0.39, 0.29) is 18.6 Å². The summed E-state index contributed by atoms with van der Waals surface area (Å²) in [5.74, 6) is -0.667. The first-order valence-corrected chi connectivity index (χ1v) is 6.30. The molecule has 1 aromatic carbocycles. The molecule has 0 spiro atoms. The number of rotatable bonds is 3. The van der Waals surface area contributed by atoms with Crippen LogP contribution < -0.4 is 11.1 Å². The molecule has 1 aliphatic heterocycles. The van der Waals surface area contributed by atoms with Gasteiger partial charge in [-0.1, -0.05) is 0 Å². The number of carbonyl (C=O) groups excluding carboxylic acids is 1. The van der Waals surface area contributed by atoms with Crippen LogP contribution >= 0.6 is 0 Å². The molecule has 5 nitrogen and oxygen atoms in total. The minimum absolute atomic E-state index is 0.225. The normalized spacial score (nSPS) is 17.4. The molecule has 19 heavy (non-hydrogen) atoms. The molecule has 0 radical (unpaired) electrons. The summed E-state index contributed by atoms with van der Waals surface area (Å²) in [4.78, 5) is 13.8. The first kappa shape index (κ1) is 13.8. The minimum atomic E-state index is -0.439. The average molecular weight is 267 g/mol. The molecule has 6 heteroatoms. The quantitative estimate of drug-likeness (QED) is 0.708. The lowest BCUT2D eigenvalue weighted by Crippen LogP contribution is -2.40. The molecule has 1 heterocycles. The summed E-state index contributed by atoms with van der Waals surface area (Å²) in [6.07, 6.45) is 1.09. The number of nitrogens with one attached hydrogen (secondary N) is 1. The van der Waals surface area contributed by atoms with Crippen molar-refractivity contribution in [1.82, 2.24) is 4.90 Å². The van der Waals surface area contributed by atoms with Crippen LogP contribution in [-0.2, 0) is 4.79 Å². The Hall–Kier alpha value is -1.66. The summed E-state index contributed by atoms with van der Waals surface area (Å²) in [5.41, 5.74) is 6.29. The third kappa shape index (κ3) is 3.90. The zero-order chi connectivity index (χ0) is 13.8. The van der Waals surface area contributed by atoms with Crippen LogP contribution in [0.1, 0.15) is 12.8 Å². The largest absolute Gasteiger partial charge is 0.397 e. The van der Waals surface area contributed by atoms with Crippen molar-refractivity contribution in [3.8, 4) is 0 Å². The van der Waals surface area contributed by atoms with Gasteiger partial charge in [-0.05, 0) is 31.0 Å². The van der Waals surface area contributed by atoms with E-state index >= 15 is 0 Å². The van der Waals surface area contributed by atoms with Crippen molar-refractivity contribution in [1.29, 1.82) is 0 Å². The second-order valence-electron chi connectivity index (χ2n) is 4.79. The average Bonchev–Trinajstić information content (AvgIpc) is 2.37. The number of amides is 1. The number of nitrogens with two attached hydrogens (primary N) is 1. The Morgan fingerprint density at radius 1 is 1.47 bits per heavy atom. The molecule has 4 N–H and O–H groups in total. The Morgan fingerprint density at radius 2 is 2.16 bits per heavy atom. The number of aliphatic hydroxyl groups is 1. The Balaban J connectivity index is 1.89. The SMILES string of the molecule is Nc1ccc(F)cc1NC(=O)CN1CCC(O)CC1. The molecule has 1 aromatic rings. The third-order valence-electron chi connectivity index (χ3n) is 3.21. The van der Waals surface area contributed by atoms with Gasteiger partial charge >= 0.3 is 0 Å². The number of aliphatic hydroxyl groups excluding tert-OH is 1. The van der Waals surface area contributed by atoms with Gasteiger partial charge in [-0.2, -0.15) is 0 Å². The molecule has 0 aliphatic carbocycles. The van der Waals surface area contributed by atoms with Gasteiger partial charge in [-0.15, -0.1) is 0 Å². The summed E-state index contributed by atoms with van der Waals surface area (Å²) < 4.78 is 13.1. The molecular formula is C13H18FN3O2. The number of benzene rings is 1. The molecule has 104 valence electrons. The van der Waals surface area contributed by atoms with Crippen LogP contribution in [0, 0.1) is 5.82 Å². The molecule has 1 fully saturated rings. The van der Waals surface area contributed by atoms with Gasteiger partial charge in [0.25, 0.3) is 0 Å². The van der Waals surface area contributed by atoms with Crippen molar-refractivity contribution in [2.24, 2.45) is 0 Å². The highest BCUT2D eigenvalue weighted by Gasteiger charge is 2.19. The number of piperidine rings is 1. The van der Waals surface area contributed by atoms with E-state index in [1.54, 1.807) is 0 Å². The fourth-order valence-corrected chi connectivity index (χ4v) is 2.11. The Labute approximate surface area is 111 Å². The van der Waals surface area contributed by atoms with Crippen molar-refractivity contribution in [2.75, 3.05) is 30.7 Å². The highest BCUT2D eigenvalue weighted by Crippen LogP contribution is 2.19. The van der Waals surface area contributed by atoms with E-state index in [2.05, 4.69) is 5.32 Å². The van der Waals surface area contributed by atoms with Gasteiger partial charge in [0.15, 0.2) is 0 Å². The summed E-state index contributed by atoms with van der Waals surface area (Å²) in [6.45, 7) is 1.60. The van der Waals surface area contributed by atoms with E-state index in [4.69, 9.17) is 5.73 Å². The van der Waals surface area contributed by atoms with Crippen molar-refractivity contribution in [3.05, 3.63) is 24.0 Å². The van der Waals surface area contributed by atoms with Crippen molar-refractivity contribution < 1.29 is 14.3 Å². The molecule has 0 bridgehead atoms. The van der Waals surface area contributed by atoms with Crippen molar-refractivity contribution >= 4 is 17.3 Å². The van der Waals surface area contributed by atoms with Gasteiger partial charge in [0, 0.05) is 13.1 Å². The number of hydrogen-bond acceptors (Lipinski definition) is 4. The van der Waals surface area contributed by atoms with Crippen molar-refractivity contribution in [3.63, 3.8) is 0 Å². The Bertz CT molecular complexity index is 459. The number of nitrogens with zero attached hydrogens (tertiary/aromatic N) is 1. The molecule has 1 saturated heterocycles. The fraction of sp³-hybridized carbons (Fsp3) is 0.462. The lowest BCUT2D eigenvalue weighted by molar-refractivity contribution is -0.117. The highest BCUT2D eigenvalue weighted by molar-refractivity contribution is 5.95. The molecule has 2 rings (SSSR count). The van der Waals surface area contributed by atoms with Gasteiger partial charge in [0.1, 0.15) is 5.82 Å². The fourth-order valence-electron chi connectivity index (χ4n) is 2.11. The van der Waals surface area contributed by atoms with E-state index in [0.29, 0.717) is 37.3 Å². The third-order valence-corrected chi connectivity index (χ3v) is 3.21. The van der Waals surface area contributed by atoms with E-state index in [1.165, 1.54) is 18.2 Å². The van der Waals surface area contributed by atoms with Crippen LogP contribution in [0.2, 0.25) is 0 Å². The monoisotopic (exact) mass is 267 g/mol. The summed E-state index contributed by atoms with van der Waals surface area (Å²) in [5, 5.41) is 12.0. The number of hydrogen-bond donors (Lipinski definition) is 3. The second-order valence-corrected chi connectivity index (χ2v) is 4.79. The van der Waals surface area contributed by atoms with E-state index < -0.39 is 5.82 Å². The Morgan fingerprint density at radius 3 is 2.84 bits per heavy atom. The van der Waals surface area contributed by atoms with Crippen LogP contribution in [-0.4, -0.2) is 41.7 Å². The van der Waals surface area contributed by atoms with E-state index in [0.717, 1.165) is 0 Å². The minimum Gasteiger partial charge on any atom is -0.397 e. The lowest BCUT2D eigenvalue weighted by Gasteiger charge is -2.28. The van der Waals surface area contributed by atoms with E-state index in [1.807, 2.05) is 4.90 Å². The molecule has 0 aromatic heterocycles. The molecule has 1 amide bonds. The van der Waals surface area contributed by atoms with Crippen LogP contribution in [0.3, 0.4) is 0 Å². The van der Waals surface area contributed by atoms with Crippen LogP contribution in [0.5, 0.6) is 0 Å². The topological polar surface area (TPSA) is 78.6 Å². The number of anilines is 2. The lowest BCUT2D eigenvalue weighted by atomic mass is 10.1. The number of halogens is 1. The molecular weight excluding hydrogens is 249 g/mol. The van der Waals surface area contributed by atoms with E-state index in [9.17, 15) is 14.3 Å². The van der Waals surface area contributed by atoms with Crippen LogP contribution in [0.25, 0.3) is 0 Å². The maximum Gasteiger partial charge on any atom is 0.238 e. The predicted molar refractivity (Wildman–Crippen MR) is 71.1 cm³/mol. The zero-order valence-corrected chi connectivity index (χ0v) is 10.6. The van der Waals surface area contributed by atoms with Gasteiger partial charge in [0.05, 0.1) is 24.0 Å². The standard InChI is InChI=1S/C13H18FN3O2/c14-9-1-2-11(15)12(7-9)16-13(19)8-17-5-3-10(18)4-6-17/h1-2,7,10,18H,3-6,8,15H2,(H,16,19).